The van der Waals surface area contributed by atoms with Gasteiger partial charge in [-0.05, 0) is 24.6 Å². The maximum absolute atomic E-state index is 12.0. The van der Waals surface area contributed by atoms with Crippen molar-refractivity contribution in [2.24, 2.45) is 0 Å². The maximum Gasteiger partial charge on any atom is 0.257 e. The Balaban J connectivity index is 1.64. The molecule has 5 nitrogen and oxygen atoms in total. The molecule has 0 radical (unpaired) electrons. The zero-order valence-corrected chi connectivity index (χ0v) is 14.3. The number of para-hydroxylation sites is 2. The van der Waals surface area contributed by atoms with Gasteiger partial charge in [-0.15, -0.1) is 0 Å². The Bertz CT molecular complexity index is 849. The minimum atomic E-state index is -0.256. The summed E-state index contributed by atoms with van der Waals surface area (Å²) in [6, 6.07) is 7.42. The highest BCUT2D eigenvalue weighted by molar-refractivity contribution is 7.99. The van der Waals surface area contributed by atoms with E-state index < -0.39 is 0 Å². The lowest BCUT2D eigenvalue weighted by atomic mass is 10.3. The van der Waals surface area contributed by atoms with Gasteiger partial charge in [0.25, 0.3) is 5.22 Å². The monoisotopic (exact) mass is 367 g/mol. The van der Waals surface area contributed by atoms with Crippen molar-refractivity contribution >= 4 is 57.8 Å². The van der Waals surface area contributed by atoms with Crippen LogP contribution in [0.1, 0.15) is 5.56 Å². The van der Waals surface area contributed by atoms with E-state index in [4.69, 9.17) is 27.6 Å². The molecular formula is C15H11Cl2N3O2S. The van der Waals surface area contributed by atoms with Crippen LogP contribution in [-0.2, 0) is 4.79 Å². The second-order valence-corrected chi connectivity index (χ2v) is 6.39. The number of fused-ring (bicyclic) bond motifs is 1. The molecular weight excluding hydrogens is 357 g/mol. The van der Waals surface area contributed by atoms with Crippen LogP contribution in [0.2, 0.25) is 10.0 Å². The summed E-state index contributed by atoms with van der Waals surface area (Å²) in [6.45, 7) is 1.76. The van der Waals surface area contributed by atoms with Crippen molar-refractivity contribution in [1.82, 2.24) is 9.97 Å². The van der Waals surface area contributed by atoms with Gasteiger partial charge < -0.3 is 9.73 Å². The Hall–Kier alpha value is -1.76. The van der Waals surface area contributed by atoms with E-state index in [9.17, 15) is 4.79 Å². The SMILES string of the molecule is Cc1c(Cl)cnc(NC(=O)CSc2nc3ccccc3o2)c1Cl. The van der Waals surface area contributed by atoms with Crippen LogP contribution in [0.15, 0.2) is 40.1 Å². The highest BCUT2D eigenvalue weighted by atomic mass is 35.5. The third-order valence-corrected chi connectivity index (χ3v) is 4.73. The van der Waals surface area contributed by atoms with Crippen molar-refractivity contribution < 1.29 is 9.21 Å². The number of thioether (sulfide) groups is 1. The first-order valence-corrected chi connectivity index (χ1v) is 8.37. The van der Waals surface area contributed by atoms with Gasteiger partial charge in [0.2, 0.25) is 5.91 Å². The zero-order chi connectivity index (χ0) is 16.4. The molecule has 0 atom stereocenters. The average Bonchev–Trinajstić information content (AvgIpc) is 2.96. The van der Waals surface area contributed by atoms with E-state index in [1.807, 2.05) is 24.3 Å². The molecule has 0 aliphatic carbocycles. The van der Waals surface area contributed by atoms with Crippen LogP contribution in [0.4, 0.5) is 5.82 Å². The van der Waals surface area contributed by atoms with Crippen LogP contribution in [0.25, 0.3) is 11.1 Å². The Morgan fingerprint density at radius 1 is 1.35 bits per heavy atom. The number of aromatic nitrogens is 2. The summed E-state index contributed by atoms with van der Waals surface area (Å²) >= 11 is 13.2. The van der Waals surface area contributed by atoms with E-state index in [1.165, 1.54) is 18.0 Å². The Morgan fingerprint density at radius 2 is 2.13 bits per heavy atom. The molecule has 0 spiro atoms. The first-order chi connectivity index (χ1) is 11.0. The third-order valence-electron chi connectivity index (χ3n) is 3.06. The standard InChI is InChI=1S/C15H11Cl2N3O2S/c1-8-9(16)6-18-14(13(8)17)20-12(21)7-23-15-19-10-4-2-3-5-11(10)22-15/h2-6H,7H2,1H3,(H,18,20,21). The fourth-order valence-corrected chi connectivity index (χ4v) is 2.88. The molecule has 0 saturated carbocycles. The van der Waals surface area contributed by atoms with Crippen LogP contribution in [-0.4, -0.2) is 21.6 Å². The molecule has 0 saturated heterocycles. The number of benzene rings is 1. The molecule has 1 aromatic carbocycles. The lowest BCUT2D eigenvalue weighted by Crippen LogP contribution is -2.15. The van der Waals surface area contributed by atoms with E-state index in [2.05, 4.69) is 15.3 Å². The lowest BCUT2D eigenvalue weighted by molar-refractivity contribution is -0.113. The molecule has 0 bridgehead atoms. The van der Waals surface area contributed by atoms with Gasteiger partial charge in [0.1, 0.15) is 5.52 Å². The van der Waals surface area contributed by atoms with Gasteiger partial charge in [-0.3, -0.25) is 4.79 Å². The van der Waals surface area contributed by atoms with Crippen molar-refractivity contribution in [3.63, 3.8) is 0 Å². The number of rotatable bonds is 4. The number of anilines is 1. The van der Waals surface area contributed by atoms with Gasteiger partial charge in [0.05, 0.1) is 15.8 Å². The number of carbonyl (C=O) groups excluding carboxylic acids is 1. The van der Waals surface area contributed by atoms with Gasteiger partial charge in [-0.2, -0.15) is 0 Å². The molecule has 23 heavy (non-hydrogen) atoms. The number of nitrogens with zero attached hydrogens (tertiary/aromatic N) is 2. The maximum atomic E-state index is 12.0. The average molecular weight is 368 g/mol. The summed E-state index contributed by atoms with van der Waals surface area (Å²) in [5.74, 6) is 0.164. The van der Waals surface area contributed by atoms with E-state index >= 15 is 0 Å². The summed E-state index contributed by atoms with van der Waals surface area (Å²) in [7, 11) is 0. The van der Waals surface area contributed by atoms with Crippen LogP contribution in [0, 0.1) is 6.92 Å². The molecule has 0 aliphatic heterocycles. The molecule has 0 unspecified atom stereocenters. The van der Waals surface area contributed by atoms with Gasteiger partial charge in [0, 0.05) is 6.20 Å². The quantitative estimate of drug-likeness (QED) is 0.684. The smallest absolute Gasteiger partial charge is 0.257 e. The number of carbonyl (C=O) groups is 1. The van der Waals surface area contributed by atoms with Crippen molar-refractivity contribution in [1.29, 1.82) is 0 Å². The molecule has 0 aliphatic rings. The van der Waals surface area contributed by atoms with E-state index in [0.717, 1.165) is 5.52 Å². The van der Waals surface area contributed by atoms with Crippen molar-refractivity contribution in [2.45, 2.75) is 12.1 Å². The fourth-order valence-electron chi connectivity index (χ4n) is 1.85. The Kier molecular flexibility index (Phi) is 4.75. The van der Waals surface area contributed by atoms with Gasteiger partial charge >= 0.3 is 0 Å². The molecule has 3 aromatic rings. The molecule has 118 valence electrons. The first kappa shape index (κ1) is 16.1. The number of hydrogen-bond donors (Lipinski definition) is 1. The number of pyridine rings is 1. The van der Waals surface area contributed by atoms with E-state index in [1.54, 1.807) is 6.92 Å². The van der Waals surface area contributed by atoms with Gasteiger partial charge in [-0.25, -0.2) is 9.97 Å². The second kappa shape index (κ2) is 6.78. The van der Waals surface area contributed by atoms with Crippen LogP contribution < -0.4 is 5.32 Å². The number of halogens is 2. The molecule has 2 aromatic heterocycles. The Morgan fingerprint density at radius 3 is 2.91 bits per heavy atom. The van der Waals surface area contributed by atoms with Crippen molar-refractivity contribution in [3.8, 4) is 0 Å². The van der Waals surface area contributed by atoms with Gasteiger partial charge in [-0.1, -0.05) is 47.1 Å². The molecule has 1 amide bonds. The highest BCUT2D eigenvalue weighted by Crippen LogP contribution is 2.29. The largest absolute Gasteiger partial charge is 0.431 e. The summed E-state index contributed by atoms with van der Waals surface area (Å²) in [4.78, 5) is 20.3. The lowest BCUT2D eigenvalue weighted by Gasteiger charge is -2.08. The fraction of sp³-hybridized carbons (Fsp3) is 0.133. The molecule has 0 fully saturated rings. The van der Waals surface area contributed by atoms with Crippen LogP contribution >= 0.6 is 35.0 Å². The summed E-state index contributed by atoms with van der Waals surface area (Å²) < 4.78 is 5.54. The Labute approximate surface area is 146 Å². The first-order valence-electron chi connectivity index (χ1n) is 6.63. The number of hydrogen-bond acceptors (Lipinski definition) is 5. The number of amides is 1. The topological polar surface area (TPSA) is 68.0 Å². The predicted octanol–water partition coefficient (Wildman–Crippen LogP) is 4.57. The van der Waals surface area contributed by atoms with E-state index in [0.29, 0.717) is 26.4 Å². The minimum absolute atomic E-state index is 0.131. The van der Waals surface area contributed by atoms with Crippen LogP contribution in [0.5, 0.6) is 0 Å². The highest BCUT2D eigenvalue weighted by Gasteiger charge is 2.13. The molecule has 3 rings (SSSR count). The predicted molar refractivity (Wildman–Crippen MR) is 92.4 cm³/mol. The minimum Gasteiger partial charge on any atom is -0.431 e. The summed E-state index contributed by atoms with van der Waals surface area (Å²) in [5.41, 5.74) is 2.12. The molecule has 2 heterocycles. The van der Waals surface area contributed by atoms with Crippen molar-refractivity contribution in [2.75, 3.05) is 11.1 Å². The third kappa shape index (κ3) is 3.60. The van der Waals surface area contributed by atoms with Gasteiger partial charge in [0.15, 0.2) is 11.4 Å². The van der Waals surface area contributed by atoms with Crippen molar-refractivity contribution in [3.05, 3.63) is 46.1 Å². The summed E-state index contributed by atoms with van der Waals surface area (Å²) in [5, 5.41) is 3.87. The zero-order valence-electron chi connectivity index (χ0n) is 12.0. The number of oxazole rings is 1. The van der Waals surface area contributed by atoms with E-state index in [-0.39, 0.29) is 17.5 Å². The second-order valence-electron chi connectivity index (χ2n) is 4.68. The molecule has 1 N–H and O–H groups in total. The number of nitrogens with one attached hydrogen (secondary N) is 1. The summed E-state index contributed by atoms with van der Waals surface area (Å²) in [6.07, 6.45) is 1.45. The normalized spacial score (nSPS) is 10.9. The van der Waals surface area contributed by atoms with Crippen LogP contribution in [0.3, 0.4) is 0 Å². The molecule has 8 heteroatoms.